The number of aliphatic hydroxyl groups is 1. The molecule has 2 heterocycles. The molecular weight excluding hydrogens is 326 g/mol. The highest BCUT2D eigenvalue weighted by Gasteiger charge is 2.42. The second-order valence-electron chi connectivity index (χ2n) is 6.62. The second kappa shape index (κ2) is 6.53. The van der Waals surface area contributed by atoms with E-state index in [1.54, 1.807) is 6.20 Å². The summed E-state index contributed by atoms with van der Waals surface area (Å²) in [5, 5.41) is 13.3. The molecule has 0 bridgehead atoms. The van der Waals surface area contributed by atoms with E-state index in [1.165, 1.54) is 0 Å². The van der Waals surface area contributed by atoms with Crippen molar-refractivity contribution in [3.8, 4) is 11.3 Å². The zero-order valence-electron chi connectivity index (χ0n) is 13.8. The van der Waals surface area contributed by atoms with Crippen LogP contribution in [0.4, 0.5) is 11.8 Å². The maximum absolute atomic E-state index is 9.55. The normalized spacial score (nSPS) is 26.5. The Morgan fingerprint density at radius 1 is 1.42 bits per heavy atom. The Morgan fingerprint density at radius 2 is 2.21 bits per heavy atom. The van der Waals surface area contributed by atoms with Crippen molar-refractivity contribution in [3.05, 3.63) is 29.5 Å². The number of nitrogens with two attached hydrogens (primary N) is 1. The van der Waals surface area contributed by atoms with Gasteiger partial charge in [-0.3, -0.25) is 4.98 Å². The first-order valence-electron chi connectivity index (χ1n) is 8.08. The van der Waals surface area contributed by atoms with Crippen molar-refractivity contribution in [2.45, 2.75) is 32.2 Å². The fraction of sp³-hybridized carbons (Fsp3) is 0.471. The zero-order chi connectivity index (χ0) is 17.3. The van der Waals surface area contributed by atoms with Crippen molar-refractivity contribution in [1.82, 2.24) is 15.0 Å². The molecule has 7 heteroatoms. The number of nitrogen functional groups attached to an aromatic ring is 1. The van der Waals surface area contributed by atoms with E-state index >= 15 is 0 Å². The van der Waals surface area contributed by atoms with Gasteiger partial charge in [-0.25, -0.2) is 4.98 Å². The molecule has 1 aliphatic carbocycles. The number of hydrogen-bond donors (Lipinski definition) is 3. The Bertz CT molecular complexity index is 726. The highest BCUT2D eigenvalue weighted by atomic mass is 35.5. The number of aliphatic hydroxyl groups excluding tert-OH is 1. The zero-order valence-corrected chi connectivity index (χ0v) is 14.6. The van der Waals surface area contributed by atoms with E-state index in [9.17, 15) is 5.11 Å². The van der Waals surface area contributed by atoms with E-state index in [-0.39, 0.29) is 35.1 Å². The van der Waals surface area contributed by atoms with E-state index in [0.29, 0.717) is 17.1 Å². The molecule has 0 amide bonds. The Morgan fingerprint density at radius 3 is 2.83 bits per heavy atom. The van der Waals surface area contributed by atoms with E-state index in [2.05, 4.69) is 34.1 Å². The van der Waals surface area contributed by atoms with Gasteiger partial charge in [0.2, 0.25) is 5.95 Å². The van der Waals surface area contributed by atoms with Crippen LogP contribution in [0.5, 0.6) is 0 Å². The lowest BCUT2D eigenvalue weighted by molar-refractivity contribution is 0.187. The van der Waals surface area contributed by atoms with Gasteiger partial charge in [-0.2, -0.15) is 4.98 Å². The topological polar surface area (TPSA) is 97.0 Å². The minimum atomic E-state index is -0.207. The quantitative estimate of drug-likeness (QED) is 0.736. The third-order valence-corrected chi connectivity index (χ3v) is 5.46. The van der Waals surface area contributed by atoms with Gasteiger partial charge in [0.1, 0.15) is 11.0 Å². The van der Waals surface area contributed by atoms with Crippen LogP contribution in [0.2, 0.25) is 5.15 Å². The summed E-state index contributed by atoms with van der Waals surface area (Å²) in [7, 11) is 0. The SMILES string of the molecule is CC1C(CO)CCC1(C)Nc1nc(N)nc(Cl)c1-c1ccccn1. The number of hydrogen-bond acceptors (Lipinski definition) is 6. The maximum Gasteiger partial charge on any atom is 0.223 e. The molecule has 2 aromatic heterocycles. The molecule has 24 heavy (non-hydrogen) atoms. The first-order chi connectivity index (χ1) is 11.4. The average Bonchev–Trinajstić information content (AvgIpc) is 2.82. The average molecular weight is 348 g/mol. The van der Waals surface area contributed by atoms with Crippen molar-refractivity contribution in [3.63, 3.8) is 0 Å². The predicted octanol–water partition coefficient (Wildman–Crippen LogP) is 2.98. The van der Waals surface area contributed by atoms with E-state index < -0.39 is 0 Å². The third kappa shape index (κ3) is 3.03. The molecule has 1 saturated carbocycles. The van der Waals surface area contributed by atoms with Crippen molar-refractivity contribution in [1.29, 1.82) is 0 Å². The molecule has 2 aromatic rings. The molecule has 6 nitrogen and oxygen atoms in total. The van der Waals surface area contributed by atoms with E-state index in [4.69, 9.17) is 17.3 Å². The fourth-order valence-electron chi connectivity index (χ4n) is 3.46. The number of anilines is 2. The summed E-state index contributed by atoms with van der Waals surface area (Å²) >= 11 is 6.34. The molecule has 3 unspecified atom stereocenters. The summed E-state index contributed by atoms with van der Waals surface area (Å²) in [6, 6.07) is 5.60. The molecule has 0 radical (unpaired) electrons. The van der Waals surface area contributed by atoms with Gasteiger partial charge >= 0.3 is 0 Å². The van der Waals surface area contributed by atoms with Crippen LogP contribution in [0.1, 0.15) is 26.7 Å². The lowest BCUT2D eigenvalue weighted by atomic mass is 9.86. The summed E-state index contributed by atoms with van der Waals surface area (Å²) in [5.41, 5.74) is 6.94. The Balaban J connectivity index is 2.02. The summed E-state index contributed by atoms with van der Waals surface area (Å²) in [6.07, 6.45) is 3.60. The number of pyridine rings is 1. The van der Waals surface area contributed by atoms with Crippen LogP contribution in [-0.4, -0.2) is 32.2 Å². The molecule has 128 valence electrons. The standard InChI is InChI=1S/C17H22ClN5O/c1-10-11(9-24)6-7-17(10,2)23-15-13(12-5-3-4-8-20-12)14(18)21-16(19)22-15/h3-5,8,10-11,24H,6-7,9H2,1-2H3,(H3,19,21,22,23). The number of nitrogens with zero attached hydrogens (tertiary/aromatic N) is 3. The van der Waals surface area contributed by atoms with Crippen LogP contribution >= 0.6 is 11.6 Å². The summed E-state index contributed by atoms with van der Waals surface area (Å²) < 4.78 is 0. The number of nitrogens with one attached hydrogen (secondary N) is 1. The Kier molecular flexibility index (Phi) is 4.60. The van der Waals surface area contributed by atoms with Crippen LogP contribution < -0.4 is 11.1 Å². The van der Waals surface area contributed by atoms with Crippen LogP contribution in [0.15, 0.2) is 24.4 Å². The summed E-state index contributed by atoms with van der Waals surface area (Å²) in [6.45, 7) is 4.48. The molecule has 0 aliphatic heterocycles. The fourth-order valence-corrected chi connectivity index (χ4v) is 3.73. The third-order valence-electron chi connectivity index (χ3n) is 5.19. The maximum atomic E-state index is 9.55. The van der Waals surface area contributed by atoms with Gasteiger partial charge in [-0.1, -0.05) is 24.6 Å². The van der Waals surface area contributed by atoms with Gasteiger partial charge in [0.15, 0.2) is 0 Å². The molecule has 0 saturated heterocycles. The van der Waals surface area contributed by atoms with Crippen LogP contribution in [0, 0.1) is 11.8 Å². The highest BCUT2D eigenvalue weighted by Crippen LogP contribution is 2.43. The van der Waals surface area contributed by atoms with Gasteiger partial charge in [-0.15, -0.1) is 0 Å². The minimum absolute atomic E-state index is 0.120. The molecule has 0 aromatic carbocycles. The smallest absolute Gasteiger partial charge is 0.223 e. The van der Waals surface area contributed by atoms with Crippen LogP contribution in [-0.2, 0) is 0 Å². The van der Waals surface area contributed by atoms with Crippen molar-refractivity contribution < 1.29 is 5.11 Å². The minimum Gasteiger partial charge on any atom is -0.396 e. The number of rotatable bonds is 4. The van der Waals surface area contributed by atoms with Crippen LogP contribution in [0.25, 0.3) is 11.3 Å². The van der Waals surface area contributed by atoms with Crippen molar-refractivity contribution in [2.24, 2.45) is 11.8 Å². The molecule has 1 fully saturated rings. The lowest BCUT2D eigenvalue weighted by Crippen LogP contribution is -2.40. The van der Waals surface area contributed by atoms with Gasteiger partial charge in [0, 0.05) is 18.3 Å². The van der Waals surface area contributed by atoms with Gasteiger partial charge in [-0.05, 0) is 43.7 Å². The Hall–Kier alpha value is -1.92. The first-order valence-corrected chi connectivity index (χ1v) is 8.46. The first kappa shape index (κ1) is 16.9. The van der Waals surface area contributed by atoms with Crippen LogP contribution in [0.3, 0.4) is 0 Å². The monoisotopic (exact) mass is 347 g/mol. The Labute approximate surface area is 146 Å². The second-order valence-corrected chi connectivity index (χ2v) is 6.98. The lowest BCUT2D eigenvalue weighted by Gasteiger charge is -2.33. The van der Waals surface area contributed by atoms with Gasteiger partial charge < -0.3 is 16.2 Å². The van der Waals surface area contributed by atoms with Crippen molar-refractivity contribution in [2.75, 3.05) is 17.7 Å². The molecular formula is C17H22ClN5O. The molecule has 3 atom stereocenters. The van der Waals surface area contributed by atoms with Gasteiger partial charge in [0.25, 0.3) is 0 Å². The predicted molar refractivity (Wildman–Crippen MR) is 95.7 cm³/mol. The molecule has 4 N–H and O–H groups in total. The summed E-state index contributed by atoms with van der Waals surface area (Å²) in [5.74, 6) is 1.26. The number of halogens is 1. The van der Waals surface area contributed by atoms with E-state index in [1.807, 2.05) is 18.2 Å². The number of aromatic nitrogens is 3. The van der Waals surface area contributed by atoms with E-state index in [0.717, 1.165) is 12.8 Å². The molecule has 0 spiro atoms. The largest absolute Gasteiger partial charge is 0.396 e. The van der Waals surface area contributed by atoms with Crippen molar-refractivity contribution >= 4 is 23.4 Å². The highest BCUT2D eigenvalue weighted by molar-refractivity contribution is 6.32. The summed E-state index contributed by atoms with van der Waals surface area (Å²) in [4.78, 5) is 12.8. The molecule has 1 aliphatic rings. The molecule has 3 rings (SSSR count). The van der Waals surface area contributed by atoms with Gasteiger partial charge in [0.05, 0.1) is 11.3 Å².